The minimum atomic E-state index is -0.752. The molecule has 0 radical (unpaired) electrons. The smallest absolute Gasteiger partial charge is 0.338 e. The van der Waals surface area contributed by atoms with E-state index in [1.165, 1.54) is 6.92 Å². The molecule has 7 heteroatoms. The van der Waals surface area contributed by atoms with Crippen molar-refractivity contribution in [2.75, 3.05) is 6.61 Å². The van der Waals surface area contributed by atoms with Gasteiger partial charge in [-0.2, -0.15) is 0 Å². The normalized spacial score (nSPS) is 34.5. The van der Waals surface area contributed by atoms with E-state index in [1.807, 2.05) is 0 Å². The fraction of sp³-hybridized carbons (Fsp3) is 0.471. The van der Waals surface area contributed by atoms with E-state index < -0.39 is 42.1 Å². The summed E-state index contributed by atoms with van der Waals surface area (Å²) in [5.41, 5.74) is 1.10. The molecule has 7 nitrogen and oxygen atoms in total. The summed E-state index contributed by atoms with van der Waals surface area (Å²) in [6, 6.07) is 0. The third-order valence-corrected chi connectivity index (χ3v) is 4.42. The van der Waals surface area contributed by atoms with Gasteiger partial charge in [0.2, 0.25) is 0 Å². The van der Waals surface area contributed by atoms with Crippen molar-refractivity contribution < 1.29 is 33.7 Å². The summed E-state index contributed by atoms with van der Waals surface area (Å²) in [6.07, 6.45) is 1.84. The molecule has 1 aliphatic carbocycles. The Labute approximate surface area is 138 Å². The molecule has 1 saturated heterocycles. The van der Waals surface area contributed by atoms with Crippen LogP contribution in [-0.2, 0) is 28.6 Å². The van der Waals surface area contributed by atoms with Gasteiger partial charge >= 0.3 is 17.9 Å². The van der Waals surface area contributed by atoms with Crippen LogP contribution < -0.4 is 0 Å². The van der Waals surface area contributed by atoms with E-state index in [4.69, 9.17) is 14.2 Å². The van der Waals surface area contributed by atoms with Crippen molar-refractivity contribution >= 4 is 17.9 Å². The van der Waals surface area contributed by atoms with Gasteiger partial charge in [0.25, 0.3) is 0 Å². The fourth-order valence-corrected chi connectivity index (χ4v) is 3.26. The number of carbonyl (C=O) groups is 3. The topological polar surface area (TPSA) is 99.1 Å². The Balaban J connectivity index is 2.01. The molecular formula is C17H18O7. The summed E-state index contributed by atoms with van der Waals surface area (Å²) in [5, 5.41) is 9.54. The van der Waals surface area contributed by atoms with Crippen LogP contribution in [0.25, 0.3) is 0 Å². The summed E-state index contributed by atoms with van der Waals surface area (Å²) in [5.74, 6) is -2.20. The van der Waals surface area contributed by atoms with Crippen LogP contribution in [0.3, 0.4) is 0 Å². The summed E-state index contributed by atoms with van der Waals surface area (Å²) in [6.45, 7) is 4.78. The van der Waals surface area contributed by atoms with Crippen molar-refractivity contribution in [1.82, 2.24) is 0 Å². The number of aliphatic hydroxyl groups excluding tert-OH is 1. The van der Waals surface area contributed by atoms with Crippen LogP contribution in [0.15, 0.2) is 35.5 Å². The Morgan fingerprint density at radius 1 is 1.29 bits per heavy atom. The van der Waals surface area contributed by atoms with Crippen LogP contribution in [0.4, 0.5) is 0 Å². The summed E-state index contributed by atoms with van der Waals surface area (Å²) in [4.78, 5) is 35.4. The standard InChI is InChI=1S/C17H18O7/c1-8-15-13(23-16(8)20)5-10(7-18)3-4-12(22-9(2)19)11-6-14(15)24-17(11)21/h5-6,12-15,18H,1,3-4,7H2,2H3/b10-5+. The quantitative estimate of drug-likeness (QED) is 0.341. The Morgan fingerprint density at radius 3 is 2.62 bits per heavy atom. The van der Waals surface area contributed by atoms with Gasteiger partial charge in [-0.15, -0.1) is 0 Å². The van der Waals surface area contributed by atoms with Crippen molar-refractivity contribution in [3.63, 3.8) is 0 Å². The molecule has 0 aromatic heterocycles. The van der Waals surface area contributed by atoms with E-state index in [-0.39, 0.29) is 17.8 Å². The van der Waals surface area contributed by atoms with Crippen molar-refractivity contribution in [3.8, 4) is 0 Å². The van der Waals surface area contributed by atoms with Gasteiger partial charge < -0.3 is 19.3 Å². The van der Waals surface area contributed by atoms with E-state index in [1.54, 1.807) is 12.2 Å². The highest BCUT2D eigenvalue weighted by Crippen LogP contribution is 2.38. The van der Waals surface area contributed by atoms with E-state index in [2.05, 4.69) is 6.58 Å². The first-order valence-corrected chi connectivity index (χ1v) is 7.71. The Bertz CT molecular complexity index is 672. The maximum Gasteiger partial charge on any atom is 0.338 e. The molecule has 4 atom stereocenters. The molecule has 0 amide bonds. The van der Waals surface area contributed by atoms with Crippen molar-refractivity contribution in [2.45, 2.75) is 38.1 Å². The molecule has 2 aliphatic heterocycles. The van der Waals surface area contributed by atoms with Gasteiger partial charge in [0.05, 0.1) is 18.1 Å². The predicted octanol–water partition coefficient (Wildman–Crippen LogP) is 0.580. The minimum absolute atomic E-state index is 0.216. The molecule has 0 saturated carbocycles. The predicted molar refractivity (Wildman–Crippen MR) is 80.4 cm³/mol. The fourth-order valence-electron chi connectivity index (χ4n) is 3.26. The van der Waals surface area contributed by atoms with Crippen LogP contribution in [-0.4, -0.2) is 47.9 Å². The van der Waals surface area contributed by atoms with Crippen molar-refractivity contribution in [2.24, 2.45) is 5.92 Å². The molecule has 128 valence electrons. The molecule has 0 spiro atoms. The number of carbonyl (C=O) groups excluding carboxylic acids is 3. The second-order valence-corrected chi connectivity index (χ2v) is 6.03. The van der Waals surface area contributed by atoms with Crippen LogP contribution in [0.2, 0.25) is 0 Å². The lowest BCUT2D eigenvalue weighted by Gasteiger charge is -2.21. The average molecular weight is 334 g/mol. The molecule has 4 unspecified atom stereocenters. The maximum absolute atomic E-state index is 12.2. The second kappa shape index (κ2) is 6.24. The number of esters is 3. The van der Waals surface area contributed by atoms with E-state index in [0.717, 1.165) is 0 Å². The first-order chi connectivity index (χ1) is 11.4. The lowest BCUT2D eigenvalue weighted by Crippen LogP contribution is -2.28. The molecule has 2 heterocycles. The lowest BCUT2D eigenvalue weighted by molar-refractivity contribution is -0.147. The second-order valence-electron chi connectivity index (χ2n) is 6.03. The number of hydrogen-bond donors (Lipinski definition) is 1. The lowest BCUT2D eigenvalue weighted by atomic mass is 9.87. The van der Waals surface area contributed by atoms with E-state index in [9.17, 15) is 19.5 Å². The third kappa shape index (κ3) is 2.87. The molecule has 0 aromatic carbocycles. The van der Waals surface area contributed by atoms with Crippen molar-refractivity contribution in [1.29, 1.82) is 0 Å². The highest BCUT2D eigenvalue weighted by molar-refractivity contribution is 5.94. The molecule has 24 heavy (non-hydrogen) atoms. The van der Waals surface area contributed by atoms with Crippen LogP contribution >= 0.6 is 0 Å². The number of ether oxygens (including phenoxy) is 3. The van der Waals surface area contributed by atoms with Gasteiger partial charge in [-0.3, -0.25) is 4.79 Å². The summed E-state index contributed by atoms with van der Waals surface area (Å²) >= 11 is 0. The van der Waals surface area contributed by atoms with Gasteiger partial charge in [0.15, 0.2) is 0 Å². The van der Waals surface area contributed by atoms with Gasteiger partial charge in [-0.25, -0.2) is 9.59 Å². The van der Waals surface area contributed by atoms with Gasteiger partial charge in [-0.1, -0.05) is 6.58 Å². The first kappa shape index (κ1) is 16.4. The van der Waals surface area contributed by atoms with Gasteiger partial charge in [-0.05, 0) is 30.6 Å². The average Bonchev–Trinajstić information content (AvgIpc) is 3.01. The highest BCUT2D eigenvalue weighted by atomic mass is 16.6. The Kier molecular flexibility index (Phi) is 4.28. The number of rotatable bonds is 2. The molecule has 1 fully saturated rings. The maximum atomic E-state index is 12.2. The zero-order valence-corrected chi connectivity index (χ0v) is 13.2. The largest absolute Gasteiger partial charge is 0.457 e. The molecular weight excluding hydrogens is 316 g/mol. The van der Waals surface area contributed by atoms with Gasteiger partial charge in [0, 0.05) is 12.5 Å². The molecule has 1 N–H and O–H groups in total. The minimum Gasteiger partial charge on any atom is -0.457 e. The molecule has 0 aromatic rings. The Hall–Kier alpha value is -2.41. The van der Waals surface area contributed by atoms with E-state index in [0.29, 0.717) is 18.4 Å². The monoisotopic (exact) mass is 334 g/mol. The zero-order valence-electron chi connectivity index (χ0n) is 13.2. The molecule has 3 rings (SSSR count). The first-order valence-electron chi connectivity index (χ1n) is 7.71. The molecule has 3 aliphatic rings. The van der Waals surface area contributed by atoms with Crippen molar-refractivity contribution in [3.05, 3.63) is 35.5 Å². The number of aliphatic hydroxyl groups is 1. The van der Waals surface area contributed by atoms with Crippen LogP contribution in [0, 0.1) is 5.92 Å². The third-order valence-electron chi connectivity index (χ3n) is 4.42. The number of fused-ring (bicyclic) bond motifs is 3. The summed E-state index contributed by atoms with van der Waals surface area (Å²) < 4.78 is 15.9. The van der Waals surface area contributed by atoms with E-state index >= 15 is 0 Å². The SMILES string of the molecule is C=C1C(=O)OC2/C=C(/CO)CCC(OC(C)=O)C3=CC(OC3=O)C12. The summed E-state index contributed by atoms with van der Waals surface area (Å²) in [7, 11) is 0. The van der Waals surface area contributed by atoms with Crippen LogP contribution in [0.1, 0.15) is 19.8 Å². The number of hydrogen-bond acceptors (Lipinski definition) is 7. The van der Waals surface area contributed by atoms with Crippen LogP contribution in [0.5, 0.6) is 0 Å². The molecule has 2 bridgehead atoms. The van der Waals surface area contributed by atoms with Gasteiger partial charge in [0.1, 0.15) is 18.3 Å². The zero-order chi connectivity index (χ0) is 17.4. The highest BCUT2D eigenvalue weighted by Gasteiger charge is 2.47. The Morgan fingerprint density at radius 2 is 1.96 bits per heavy atom.